The van der Waals surface area contributed by atoms with Crippen molar-refractivity contribution in [1.82, 2.24) is 29.9 Å². The van der Waals surface area contributed by atoms with E-state index in [9.17, 15) is 0 Å². The molecule has 0 radical (unpaired) electrons. The summed E-state index contributed by atoms with van der Waals surface area (Å²) in [5.41, 5.74) is 2.67. The van der Waals surface area contributed by atoms with Gasteiger partial charge in [0, 0.05) is 41.6 Å². The number of benzene rings is 1. The minimum Gasteiger partial charge on any atom is -0.377 e. The molecule has 4 aromatic rings. The monoisotopic (exact) mass is 437 g/mol. The molecule has 0 amide bonds. The summed E-state index contributed by atoms with van der Waals surface area (Å²) < 4.78 is 13.3. The number of aromatic nitrogens is 6. The molecule has 31 heavy (non-hydrogen) atoms. The highest BCUT2D eigenvalue weighted by atomic mass is 35.5. The number of aryl methyl sites for hydroxylation is 1. The molecule has 4 heterocycles. The Morgan fingerprint density at radius 3 is 2.87 bits per heavy atom. The van der Waals surface area contributed by atoms with Crippen molar-refractivity contribution < 1.29 is 9.26 Å². The average molecular weight is 438 g/mol. The molecule has 158 valence electrons. The van der Waals surface area contributed by atoms with Gasteiger partial charge in [-0.3, -0.25) is 9.55 Å². The van der Waals surface area contributed by atoms with Crippen LogP contribution >= 0.6 is 11.6 Å². The Labute approximate surface area is 183 Å². The van der Waals surface area contributed by atoms with Crippen LogP contribution in [0, 0.1) is 6.92 Å². The van der Waals surface area contributed by atoms with E-state index in [1.54, 1.807) is 18.3 Å². The van der Waals surface area contributed by atoms with Gasteiger partial charge in [0.2, 0.25) is 11.8 Å². The van der Waals surface area contributed by atoms with Gasteiger partial charge in [-0.1, -0.05) is 28.9 Å². The molecule has 1 saturated heterocycles. The van der Waals surface area contributed by atoms with Crippen LogP contribution in [0.2, 0.25) is 5.02 Å². The van der Waals surface area contributed by atoms with Gasteiger partial charge in [0.1, 0.15) is 6.04 Å². The SMILES string of the molecule is Cc1cc(-c2nnc(N3CCOCC3c3nc(-c4cccc(Cl)c4)no3)n2C)ccn1. The van der Waals surface area contributed by atoms with E-state index < -0.39 is 0 Å². The highest BCUT2D eigenvalue weighted by molar-refractivity contribution is 6.30. The number of rotatable bonds is 4. The van der Waals surface area contributed by atoms with Crippen LogP contribution in [0.4, 0.5) is 5.95 Å². The third-order valence-corrected chi connectivity index (χ3v) is 5.44. The molecule has 0 aliphatic carbocycles. The molecule has 10 heteroatoms. The molecule has 9 nitrogen and oxygen atoms in total. The van der Waals surface area contributed by atoms with Gasteiger partial charge in [0.25, 0.3) is 5.89 Å². The van der Waals surface area contributed by atoms with E-state index in [4.69, 9.17) is 20.9 Å². The Bertz CT molecular complexity index is 1220. The van der Waals surface area contributed by atoms with Crippen LogP contribution in [0.15, 0.2) is 47.1 Å². The van der Waals surface area contributed by atoms with Crippen molar-refractivity contribution >= 4 is 17.5 Å². The van der Waals surface area contributed by atoms with Crippen molar-refractivity contribution in [2.75, 3.05) is 24.7 Å². The number of ether oxygens (including phenoxy) is 1. The van der Waals surface area contributed by atoms with Crippen LogP contribution in [0.5, 0.6) is 0 Å². The van der Waals surface area contributed by atoms with Gasteiger partial charge in [-0.25, -0.2) is 0 Å². The molecule has 1 unspecified atom stereocenters. The van der Waals surface area contributed by atoms with E-state index in [1.807, 2.05) is 42.8 Å². The van der Waals surface area contributed by atoms with Crippen molar-refractivity contribution in [3.8, 4) is 22.8 Å². The number of pyridine rings is 1. The maximum absolute atomic E-state index is 6.10. The predicted molar refractivity (Wildman–Crippen MR) is 115 cm³/mol. The second-order valence-corrected chi connectivity index (χ2v) is 7.76. The fourth-order valence-electron chi connectivity index (χ4n) is 3.67. The van der Waals surface area contributed by atoms with Gasteiger partial charge in [-0.15, -0.1) is 10.2 Å². The summed E-state index contributed by atoms with van der Waals surface area (Å²) in [6.45, 7) is 3.56. The Kier molecular flexibility index (Phi) is 5.13. The number of halogens is 1. The number of anilines is 1. The fourth-order valence-corrected chi connectivity index (χ4v) is 3.86. The average Bonchev–Trinajstić information content (AvgIpc) is 3.41. The summed E-state index contributed by atoms with van der Waals surface area (Å²) in [5.74, 6) is 2.41. The second kappa shape index (κ2) is 8.09. The van der Waals surface area contributed by atoms with Crippen LogP contribution in [-0.2, 0) is 11.8 Å². The first-order valence-corrected chi connectivity index (χ1v) is 10.2. The molecule has 1 aromatic carbocycles. The molecule has 1 fully saturated rings. The number of hydrogen-bond donors (Lipinski definition) is 0. The van der Waals surface area contributed by atoms with Gasteiger partial charge in [0.05, 0.1) is 13.2 Å². The first kappa shape index (κ1) is 19.7. The summed E-state index contributed by atoms with van der Waals surface area (Å²) in [4.78, 5) is 10.9. The van der Waals surface area contributed by atoms with Crippen molar-refractivity contribution in [3.05, 3.63) is 59.2 Å². The highest BCUT2D eigenvalue weighted by Gasteiger charge is 2.33. The number of morpholine rings is 1. The molecule has 0 spiro atoms. The van der Waals surface area contributed by atoms with E-state index in [2.05, 4.69) is 30.2 Å². The molecule has 1 aliphatic rings. The van der Waals surface area contributed by atoms with Gasteiger partial charge in [0.15, 0.2) is 5.82 Å². The molecule has 0 bridgehead atoms. The third kappa shape index (κ3) is 3.77. The smallest absolute Gasteiger partial charge is 0.252 e. The highest BCUT2D eigenvalue weighted by Crippen LogP contribution is 2.31. The predicted octanol–water partition coefficient (Wildman–Crippen LogP) is 3.47. The van der Waals surface area contributed by atoms with Crippen molar-refractivity contribution in [3.63, 3.8) is 0 Å². The maximum atomic E-state index is 6.10. The lowest BCUT2D eigenvalue weighted by atomic mass is 10.2. The molecule has 1 atom stereocenters. The normalized spacial score (nSPS) is 16.6. The van der Waals surface area contributed by atoms with Crippen LogP contribution in [0.25, 0.3) is 22.8 Å². The second-order valence-electron chi connectivity index (χ2n) is 7.32. The molecule has 0 N–H and O–H groups in total. The zero-order chi connectivity index (χ0) is 21.4. The molecule has 5 rings (SSSR count). The minimum absolute atomic E-state index is 0.274. The standard InChI is InChI=1S/C21H20ClN7O2/c1-13-10-15(6-7-23-13)19-25-26-21(28(19)2)29-8-9-30-12-17(29)20-24-18(27-31-20)14-4-3-5-16(22)11-14/h3-7,10-11,17H,8-9,12H2,1-2H3. The lowest BCUT2D eigenvalue weighted by molar-refractivity contribution is 0.0826. The minimum atomic E-state index is -0.274. The van der Waals surface area contributed by atoms with E-state index in [1.165, 1.54) is 0 Å². The lowest BCUT2D eigenvalue weighted by Crippen LogP contribution is -2.41. The van der Waals surface area contributed by atoms with E-state index >= 15 is 0 Å². The maximum Gasteiger partial charge on any atom is 0.252 e. The summed E-state index contributed by atoms with van der Waals surface area (Å²) in [5, 5.41) is 13.6. The van der Waals surface area contributed by atoms with Gasteiger partial charge < -0.3 is 14.2 Å². The number of nitrogens with zero attached hydrogens (tertiary/aromatic N) is 7. The van der Waals surface area contributed by atoms with Crippen molar-refractivity contribution in [2.24, 2.45) is 7.05 Å². The first-order chi connectivity index (χ1) is 15.1. The fraction of sp³-hybridized carbons (Fsp3) is 0.286. The van der Waals surface area contributed by atoms with E-state index in [0.29, 0.717) is 42.4 Å². The van der Waals surface area contributed by atoms with Crippen molar-refractivity contribution in [2.45, 2.75) is 13.0 Å². The zero-order valence-corrected chi connectivity index (χ0v) is 17.8. The Morgan fingerprint density at radius 2 is 2.03 bits per heavy atom. The van der Waals surface area contributed by atoms with Crippen LogP contribution in [0.3, 0.4) is 0 Å². The third-order valence-electron chi connectivity index (χ3n) is 5.20. The molecule has 1 aliphatic heterocycles. The summed E-state index contributed by atoms with van der Waals surface area (Å²) in [7, 11) is 1.94. The zero-order valence-electron chi connectivity index (χ0n) is 17.1. The lowest BCUT2D eigenvalue weighted by Gasteiger charge is -2.33. The van der Waals surface area contributed by atoms with Crippen LogP contribution in [0.1, 0.15) is 17.6 Å². The van der Waals surface area contributed by atoms with Crippen LogP contribution in [-0.4, -0.2) is 49.6 Å². The summed E-state index contributed by atoms with van der Waals surface area (Å²) in [6.07, 6.45) is 1.77. The van der Waals surface area contributed by atoms with Gasteiger partial charge in [-0.05, 0) is 31.2 Å². The Hall–Kier alpha value is -3.30. The molecular weight excluding hydrogens is 418 g/mol. The topological polar surface area (TPSA) is 95.0 Å². The first-order valence-electron chi connectivity index (χ1n) is 9.86. The van der Waals surface area contributed by atoms with Gasteiger partial charge >= 0.3 is 0 Å². The quantitative estimate of drug-likeness (QED) is 0.479. The van der Waals surface area contributed by atoms with Crippen LogP contribution < -0.4 is 4.90 Å². The van der Waals surface area contributed by atoms with Crippen molar-refractivity contribution in [1.29, 1.82) is 0 Å². The summed E-state index contributed by atoms with van der Waals surface area (Å²) in [6, 6.07) is 11.0. The molecule has 0 saturated carbocycles. The van der Waals surface area contributed by atoms with E-state index in [0.717, 1.165) is 22.6 Å². The molecular formula is C21H20ClN7O2. The Morgan fingerprint density at radius 1 is 1.13 bits per heavy atom. The van der Waals surface area contributed by atoms with Gasteiger partial charge in [-0.2, -0.15) is 4.98 Å². The largest absolute Gasteiger partial charge is 0.377 e. The molecule has 3 aromatic heterocycles. The Balaban J connectivity index is 1.47. The summed E-state index contributed by atoms with van der Waals surface area (Å²) >= 11 is 6.10. The van der Waals surface area contributed by atoms with E-state index in [-0.39, 0.29) is 6.04 Å². The number of hydrogen-bond acceptors (Lipinski definition) is 8.